The van der Waals surface area contributed by atoms with Gasteiger partial charge in [0, 0.05) is 24.9 Å². The van der Waals surface area contributed by atoms with Crippen LogP contribution < -0.4 is 11.1 Å². The second kappa shape index (κ2) is 6.76. The summed E-state index contributed by atoms with van der Waals surface area (Å²) in [6.07, 6.45) is 1.67. The van der Waals surface area contributed by atoms with E-state index in [1.54, 1.807) is 12.1 Å². The highest BCUT2D eigenvalue weighted by atomic mass is 32.2. The van der Waals surface area contributed by atoms with E-state index in [2.05, 4.69) is 5.32 Å². The Morgan fingerprint density at radius 1 is 1.45 bits per heavy atom. The van der Waals surface area contributed by atoms with Gasteiger partial charge in [0.05, 0.1) is 0 Å². The smallest absolute Gasteiger partial charge is 0.253 e. The van der Waals surface area contributed by atoms with E-state index in [1.165, 1.54) is 11.2 Å². The Morgan fingerprint density at radius 2 is 2.18 bits per heavy atom. The highest BCUT2D eigenvalue weighted by Crippen LogP contribution is 2.30. The Labute approximate surface area is 133 Å². The van der Waals surface area contributed by atoms with Crippen molar-refractivity contribution in [2.24, 2.45) is 5.73 Å². The number of carbonyl (C=O) groups is 2. The van der Waals surface area contributed by atoms with Crippen LogP contribution in [-0.4, -0.2) is 43.7 Å². The van der Waals surface area contributed by atoms with Crippen LogP contribution in [0.4, 0.5) is 0 Å². The monoisotopic (exact) mass is 345 g/mol. The van der Waals surface area contributed by atoms with Crippen LogP contribution in [0.2, 0.25) is 0 Å². The predicted molar refractivity (Wildman–Crippen MR) is 82.8 cm³/mol. The van der Waals surface area contributed by atoms with Crippen molar-refractivity contribution in [2.75, 3.05) is 13.1 Å². The van der Waals surface area contributed by atoms with E-state index in [4.69, 9.17) is 5.73 Å². The minimum atomic E-state index is -3.69. The fraction of sp³-hybridized carbons (Fsp3) is 0.538. The summed E-state index contributed by atoms with van der Waals surface area (Å²) in [4.78, 5) is 23.1. The molecule has 0 unspecified atom stereocenters. The maximum Gasteiger partial charge on any atom is 0.253 e. The fourth-order valence-corrected chi connectivity index (χ4v) is 5.57. The largest absolute Gasteiger partial charge is 0.368 e. The molecule has 2 heterocycles. The minimum Gasteiger partial charge on any atom is -0.368 e. The molecule has 3 N–H and O–H groups in total. The topological polar surface area (TPSA) is 110 Å². The Hall–Kier alpha value is -1.45. The average Bonchev–Trinajstić information content (AvgIpc) is 3.07. The number of nitrogens with two attached hydrogens (primary N) is 1. The Kier molecular flexibility index (Phi) is 5.20. The summed E-state index contributed by atoms with van der Waals surface area (Å²) >= 11 is 1.16. The number of nitrogens with one attached hydrogen (secondary N) is 1. The molecule has 9 heteroatoms. The molecule has 2 rings (SSSR count). The molecule has 0 bridgehead atoms. The summed E-state index contributed by atoms with van der Waals surface area (Å²) in [6, 6.07) is 2.52. The molecule has 7 nitrogen and oxygen atoms in total. The lowest BCUT2D eigenvalue weighted by Crippen LogP contribution is -2.43. The lowest BCUT2D eigenvalue weighted by Gasteiger charge is -2.20. The molecule has 1 saturated heterocycles. The van der Waals surface area contributed by atoms with Gasteiger partial charge in [-0.3, -0.25) is 9.59 Å². The number of amides is 2. The molecule has 1 aromatic rings. The molecule has 0 aromatic carbocycles. The molecule has 0 saturated carbocycles. The predicted octanol–water partition coefficient (Wildman–Crippen LogP) is 0.0651. The highest BCUT2D eigenvalue weighted by molar-refractivity contribution is 7.91. The highest BCUT2D eigenvalue weighted by Gasteiger charge is 2.39. The van der Waals surface area contributed by atoms with Gasteiger partial charge in [-0.05, 0) is 31.4 Å². The van der Waals surface area contributed by atoms with E-state index in [1.807, 2.05) is 0 Å². The van der Waals surface area contributed by atoms with Gasteiger partial charge in [-0.2, -0.15) is 4.31 Å². The number of primary amides is 1. The summed E-state index contributed by atoms with van der Waals surface area (Å²) in [5.74, 6) is -0.728. The Bertz CT molecular complexity index is 669. The molecular weight excluding hydrogens is 326 g/mol. The maximum absolute atomic E-state index is 12.6. The van der Waals surface area contributed by atoms with Crippen LogP contribution in [0, 0.1) is 0 Å². The van der Waals surface area contributed by atoms with Gasteiger partial charge in [0.1, 0.15) is 10.3 Å². The van der Waals surface area contributed by atoms with Crippen LogP contribution >= 0.6 is 11.3 Å². The van der Waals surface area contributed by atoms with E-state index in [0.29, 0.717) is 32.4 Å². The Morgan fingerprint density at radius 3 is 2.82 bits per heavy atom. The second-order valence-corrected chi connectivity index (χ2v) is 8.42. The molecule has 0 radical (unpaired) electrons. The van der Waals surface area contributed by atoms with Crippen molar-refractivity contribution in [3.8, 4) is 0 Å². The summed E-state index contributed by atoms with van der Waals surface area (Å²) in [5.41, 5.74) is 5.28. The van der Waals surface area contributed by atoms with E-state index in [-0.39, 0.29) is 10.1 Å². The zero-order valence-electron chi connectivity index (χ0n) is 12.2. The third kappa shape index (κ3) is 3.65. The molecule has 1 aliphatic heterocycles. The third-order valence-corrected chi connectivity index (χ3v) is 7.00. The first-order valence-corrected chi connectivity index (χ1v) is 9.22. The first-order chi connectivity index (χ1) is 10.3. The van der Waals surface area contributed by atoms with Gasteiger partial charge in [0.25, 0.3) is 10.0 Å². The summed E-state index contributed by atoms with van der Waals surface area (Å²) in [7, 11) is -3.69. The number of carbonyl (C=O) groups excluding carboxylic acids is 2. The zero-order chi connectivity index (χ0) is 16.3. The van der Waals surface area contributed by atoms with Crippen LogP contribution in [0.3, 0.4) is 0 Å². The Balaban J connectivity index is 2.11. The molecule has 1 aromatic heterocycles. The molecule has 0 spiro atoms. The lowest BCUT2D eigenvalue weighted by atomic mass is 10.2. The van der Waals surface area contributed by atoms with Crippen LogP contribution in [0.15, 0.2) is 16.3 Å². The SMILES string of the molecule is CC(=O)NCCc1ccc(S(=O)(=O)N2CCC[C@@H]2C(N)=O)s1. The van der Waals surface area contributed by atoms with Crippen molar-refractivity contribution in [1.82, 2.24) is 9.62 Å². The standard InChI is InChI=1S/C13H19N3O4S2/c1-9(17)15-7-6-10-4-5-12(21-10)22(19,20)16-8-2-3-11(16)13(14)18/h4-5,11H,2-3,6-8H2,1H3,(H2,14,18)(H,15,17)/t11-/m1/s1. The van der Waals surface area contributed by atoms with Gasteiger partial charge in [0.15, 0.2) is 0 Å². The fourth-order valence-electron chi connectivity index (χ4n) is 2.42. The van der Waals surface area contributed by atoms with E-state index < -0.39 is 22.0 Å². The van der Waals surface area contributed by atoms with Gasteiger partial charge in [-0.15, -0.1) is 11.3 Å². The molecule has 2 amide bonds. The van der Waals surface area contributed by atoms with Crippen molar-refractivity contribution in [3.05, 3.63) is 17.0 Å². The number of hydrogen-bond acceptors (Lipinski definition) is 5. The number of hydrogen-bond donors (Lipinski definition) is 2. The quantitative estimate of drug-likeness (QED) is 0.760. The summed E-state index contributed by atoms with van der Waals surface area (Å²) in [6.45, 7) is 2.21. The van der Waals surface area contributed by atoms with Crippen molar-refractivity contribution >= 4 is 33.2 Å². The molecule has 0 aliphatic carbocycles. The van der Waals surface area contributed by atoms with Crippen molar-refractivity contribution < 1.29 is 18.0 Å². The van der Waals surface area contributed by atoms with Gasteiger partial charge in [-0.1, -0.05) is 0 Å². The molecule has 1 fully saturated rings. The van der Waals surface area contributed by atoms with E-state index in [9.17, 15) is 18.0 Å². The summed E-state index contributed by atoms with van der Waals surface area (Å²) < 4.78 is 26.6. The normalized spacial score (nSPS) is 19.2. The van der Waals surface area contributed by atoms with Gasteiger partial charge >= 0.3 is 0 Å². The second-order valence-electron chi connectivity index (χ2n) is 5.13. The molecule has 22 heavy (non-hydrogen) atoms. The van der Waals surface area contributed by atoms with Gasteiger partial charge in [-0.25, -0.2) is 8.42 Å². The van der Waals surface area contributed by atoms with E-state index in [0.717, 1.165) is 16.2 Å². The number of rotatable bonds is 6. The van der Waals surface area contributed by atoms with Crippen molar-refractivity contribution in [2.45, 2.75) is 36.4 Å². The van der Waals surface area contributed by atoms with Crippen LogP contribution in [0.5, 0.6) is 0 Å². The van der Waals surface area contributed by atoms with Crippen LogP contribution in [0.1, 0.15) is 24.6 Å². The van der Waals surface area contributed by atoms with Crippen LogP contribution in [-0.2, 0) is 26.0 Å². The van der Waals surface area contributed by atoms with Crippen molar-refractivity contribution in [1.29, 1.82) is 0 Å². The first-order valence-electron chi connectivity index (χ1n) is 6.96. The zero-order valence-corrected chi connectivity index (χ0v) is 13.9. The van der Waals surface area contributed by atoms with Crippen LogP contribution in [0.25, 0.3) is 0 Å². The average molecular weight is 345 g/mol. The summed E-state index contributed by atoms with van der Waals surface area (Å²) in [5, 5.41) is 2.67. The van der Waals surface area contributed by atoms with Gasteiger partial charge < -0.3 is 11.1 Å². The number of thiophene rings is 1. The first kappa shape index (κ1) is 16.9. The number of nitrogens with zero attached hydrogens (tertiary/aromatic N) is 1. The molecule has 122 valence electrons. The number of sulfonamides is 1. The third-order valence-electron chi connectivity index (χ3n) is 3.48. The minimum absolute atomic E-state index is 0.120. The lowest BCUT2D eigenvalue weighted by molar-refractivity contribution is -0.121. The maximum atomic E-state index is 12.6. The van der Waals surface area contributed by atoms with E-state index >= 15 is 0 Å². The molecule has 1 aliphatic rings. The van der Waals surface area contributed by atoms with Gasteiger partial charge in [0.2, 0.25) is 11.8 Å². The van der Waals surface area contributed by atoms with Crippen molar-refractivity contribution in [3.63, 3.8) is 0 Å². The molecule has 1 atom stereocenters. The molecular formula is C13H19N3O4S2.